The second kappa shape index (κ2) is 5.46. The topological polar surface area (TPSA) is 50.1 Å². The van der Waals surface area contributed by atoms with Crippen molar-refractivity contribution in [1.82, 2.24) is 15.1 Å². The summed E-state index contributed by atoms with van der Waals surface area (Å²) in [6, 6.07) is 0.221. The summed E-state index contributed by atoms with van der Waals surface area (Å²) in [5.74, 6) is 0. The van der Waals surface area contributed by atoms with Crippen molar-refractivity contribution in [2.24, 2.45) is 0 Å². The lowest BCUT2D eigenvalue weighted by atomic mass is 10.0. The van der Waals surface area contributed by atoms with Gasteiger partial charge in [0.15, 0.2) is 0 Å². The smallest absolute Gasteiger partial charge is 0.0741 e. The average molecular weight is 225 g/mol. The molecule has 0 aliphatic carbocycles. The second-order valence-electron chi connectivity index (χ2n) is 4.58. The van der Waals surface area contributed by atoms with E-state index in [0.29, 0.717) is 6.54 Å². The minimum absolute atomic E-state index is 0.221. The molecule has 92 valence electrons. The Kier molecular flexibility index (Phi) is 4.50. The molecule has 0 fully saturated rings. The van der Waals surface area contributed by atoms with Crippen molar-refractivity contribution in [2.45, 2.75) is 52.3 Å². The molecule has 0 radical (unpaired) electrons. The summed E-state index contributed by atoms with van der Waals surface area (Å²) in [4.78, 5) is 0. The van der Waals surface area contributed by atoms with E-state index in [1.807, 2.05) is 30.9 Å². The molecule has 0 saturated carbocycles. The van der Waals surface area contributed by atoms with Gasteiger partial charge in [-0.15, -0.1) is 0 Å². The zero-order valence-electron chi connectivity index (χ0n) is 10.7. The average Bonchev–Trinajstić information content (AvgIpc) is 2.74. The highest BCUT2D eigenvalue weighted by molar-refractivity contribution is 5.09. The number of aliphatic hydroxyl groups is 1. The third kappa shape index (κ3) is 3.61. The molecule has 0 spiro atoms. The SMILES string of the molecule is CCn1cc(C(C)NCC(C)(O)CC)cn1. The lowest BCUT2D eigenvalue weighted by Crippen LogP contribution is -2.38. The van der Waals surface area contributed by atoms with Gasteiger partial charge >= 0.3 is 0 Å². The van der Waals surface area contributed by atoms with Gasteiger partial charge in [0.2, 0.25) is 0 Å². The summed E-state index contributed by atoms with van der Waals surface area (Å²) < 4.78 is 1.91. The Morgan fingerprint density at radius 3 is 2.75 bits per heavy atom. The van der Waals surface area contributed by atoms with Crippen LogP contribution in [-0.4, -0.2) is 27.0 Å². The van der Waals surface area contributed by atoms with Crippen LogP contribution in [0, 0.1) is 0 Å². The van der Waals surface area contributed by atoms with Gasteiger partial charge in [-0.1, -0.05) is 6.92 Å². The second-order valence-corrected chi connectivity index (χ2v) is 4.58. The zero-order chi connectivity index (χ0) is 12.2. The summed E-state index contributed by atoms with van der Waals surface area (Å²) in [7, 11) is 0. The normalized spacial score (nSPS) is 17.1. The molecule has 1 aromatic rings. The van der Waals surface area contributed by atoms with Crippen molar-refractivity contribution in [3.05, 3.63) is 18.0 Å². The minimum Gasteiger partial charge on any atom is -0.389 e. The van der Waals surface area contributed by atoms with Crippen LogP contribution in [0.25, 0.3) is 0 Å². The molecule has 1 rings (SSSR count). The molecule has 1 aromatic heterocycles. The quantitative estimate of drug-likeness (QED) is 0.775. The fourth-order valence-corrected chi connectivity index (χ4v) is 1.39. The molecule has 2 atom stereocenters. The van der Waals surface area contributed by atoms with Crippen molar-refractivity contribution in [3.63, 3.8) is 0 Å². The third-order valence-corrected chi connectivity index (χ3v) is 3.03. The van der Waals surface area contributed by atoms with Gasteiger partial charge in [0, 0.05) is 30.9 Å². The maximum atomic E-state index is 9.89. The number of aromatic nitrogens is 2. The lowest BCUT2D eigenvalue weighted by molar-refractivity contribution is 0.0533. The largest absolute Gasteiger partial charge is 0.389 e. The van der Waals surface area contributed by atoms with Gasteiger partial charge in [-0.05, 0) is 27.2 Å². The van der Waals surface area contributed by atoms with Crippen LogP contribution in [0.3, 0.4) is 0 Å². The van der Waals surface area contributed by atoms with Crippen molar-refractivity contribution >= 4 is 0 Å². The lowest BCUT2D eigenvalue weighted by Gasteiger charge is -2.24. The predicted molar refractivity (Wildman–Crippen MR) is 65.2 cm³/mol. The molecule has 0 aliphatic rings. The molecule has 2 unspecified atom stereocenters. The molecule has 4 nitrogen and oxygen atoms in total. The fraction of sp³-hybridized carbons (Fsp3) is 0.750. The number of rotatable bonds is 6. The molecule has 4 heteroatoms. The highest BCUT2D eigenvalue weighted by atomic mass is 16.3. The van der Waals surface area contributed by atoms with Crippen LogP contribution in [-0.2, 0) is 6.54 Å². The van der Waals surface area contributed by atoms with Gasteiger partial charge in [0.05, 0.1) is 11.8 Å². The molecule has 0 bridgehead atoms. The Morgan fingerprint density at radius 2 is 2.25 bits per heavy atom. The Labute approximate surface area is 97.7 Å². The molecule has 1 heterocycles. The van der Waals surface area contributed by atoms with Crippen LogP contribution in [0.15, 0.2) is 12.4 Å². The molecule has 0 saturated heterocycles. The Balaban J connectivity index is 2.49. The van der Waals surface area contributed by atoms with Crippen molar-refractivity contribution < 1.29 is 5.11 Å². The first-order chi connectivity index (χ1) is 7.48. The van der Waals surface area contributed by atoms with Gasteiger partial charge in [-0.2, -0.15) is 5.10 Å². The van der Waals surface area contributed by atoms with Crippen molar-refractivity contribution in [2.75, 3.05) is 6.54 Å². The number of hydrogen-bond donors (Lipinski definition) is 2. The van der Waals surface area contributed by atoms with E-state index >= 15 is 0 Å². The maximum absolute atomic E-state index is 9.89. The molecule has 2 N–H and O–H groups in total. The van der Waals surface area contributed by atoms with Gasteiger partial charge in [-0.3, -0.25) is 4.68 Å². The van der Waals surface area contributed by atoms with E-state index in [2.05, 4.69) is 24.3 Å². The fourth-order valence-electron chi connectivity index (χ4n) is 1.39. The number of aryl methyl sites for hydroxylation is 1. The van der Waals surface area contributed by atoms with Crippen molar-refractivity contribution in [3.8, 4) is 0 Å². The van der Waals surface area contributed by atoms with Crippen LogP contribution in [0.4, 0.5) is 0 Å². The summed E-state index contributed by atoms with van der Waals surface area (Å²) in [6.45, 7) is 9.48. The van der Waals surface area contributed by atoms with Crippen LogP contribution >= 0.6 is 0 Å². The zero-order valence-corrected chi connectivity index (χ0v) is 10.7. The highest BCUT2D eigenvalue weighted by Gasteiger charge is 2.18. The summed E-state index contributed by atoms with van der Waals surface area (Å²) in [5.41, 5.74) is 0.531. The van der Waals surface area contributed by atoms with E-state index < -0.39 is 5.60 Å². The van der Waals surface area contributed by atoms with Gasteiger partial charge < -0.3 is 10.4 Å². The van der Waals surface area contributed by atoms with Gasteiger partial charge in [0.1, 0.15) is 0 Å². The highest BCUT2D eigenvalue weighted by Crippen LogP contribution is 2.13. The Morgan fingerprint density at radius 1 is 1.56 bits per heavy atom. The van der Waals surface area contributed by atoms with E-state index in [-0.39, 0.29) is 6.04 Å². The predicted octanol–water partition coefficient (Wildman–Crippen LogP) is 1.71. The first kappa shape index (κ1) is 13.2. The summed E-state index contributed by atoms with van der Waals surface area (Å²) in [6.07, 6.45) is 4.67. The molecule has 16 heavy (non-hydrogen) atoms. The number of nitrogens with zero attached hydrogens (tertiary/aromatic N) is 2. The van der Waals surface area contributed by atoms with E-state index in [1.54, 1.807) is 0 Å². The molecular formula is C12H23N3O. The molecule has 0 aliphatic heterocycles. The molecule has 0 aromatic carbocycles. The summed E-state index contributed by atoms with van der Waals surface area (Å²) in [5, 5.41) is 17.4. The number of nitrogens with one attached hydrogen (secondary N) is 1. The van der Waals surface area contributed by atoms with Crippen molar-refractivity contribution in [1.29, 1.82) is 0 Å². The Hall–Kier alpha value is -0.870. The van der Waals surface area contributed by atoms with Gasteiger partial charge in [-0.25, -0.2) is 0 Å². The van der Waals surface area contributed by atoms with E-state index in [0.717, 1.165) is 18.5 Å². The van der Waals surface area contributed by atoms with Gasteiger partial charge in [0.25, 0.3) is 0 Å². The summed E-state index contributed by atoms with van der Waals surface area (Å²) >= 11 is 0. The molecule has 0 amide bonds. The van der Waals surface area contributed by atoms with E-state index in [4.69, 9.17) is 0 Å². The van der Waals surface area contributed by atoms with Crippen LogP contribution in [0.5, 0.6) is 0 Å². The standard InChI is InChI=1S/C12H23N3O/c1-5-12(4,16)9-13-10(3)11-7-14-15(6-2)8-11/h7-8,10,13,16H,5-6,9H2,1-4H3. The minimum atomic E-state index is -0.630. The molecular weight excluding hydrogens is 202 g/mol. The third-order valence-electron chi connectivity index (χ3n) is 3.03. The van der Waals surface area contributed by atoms with Crippen LogP contribution < -0.4 is 5.32 Å². The number of hydrogen-bond acceptors (Lipinski definition) is 3. The van der Waals surface area contributed by atoms with E-state index in [1.165, 1.54) is 0 Å². The van der Waals surface area contributed by atoms with Crippen LogP contribution in [0.2, 0.25) is 0 Å². The van der Waals surface area contributed by atoms with E-state index in [9.17, 15) is 5.11 Å². The first-order valence-corrected chi connectivity index (χ1v) is 5.96. The monoisotopic (exact) mass is 225 g/mol. The Bertz CT molecular complexity index is 320. The maximum Gasteiger partial charge on any atom is 0.0741 e. The first-order valence-electron chi connectivity index (χ1n) is 5.96. The van der Waals surface area contributed by atoms with Crippen LogP contribution in [0.1, 0.15) is 45.7 Å².